The van der Waals surface area contributed by atoms with Crippen LogP contribution < -0.4 is 0 Å². The van der Waals surface area contributed by atoms with E-state index in [1.165, 1.54) is 0 Å². The van der Waals surface area contributed by atoms with Crippen LogP contribution in [0.3, 0.4) is 0 Å². The topological polar surface area (TPSA) is 38.1 Å². The highest BCUT2D eigenvalue weighted by molar-refractivity contribution is 7.99. The molecule has 4 nitrogen and oxygen atoms in total. The van der Waals surface area contributed by atoms with Crippen molar-refractivity contribution in [1.82, 2.24) is 14.7 Å². The van der Waals surface area contributed by atoms with Crippen molar-refractivity contribution in [3.63, 3.8) is 0 Å². The quantitative estimate of drug-likeness (QED) is 0.809. The van der Waals surface area contributed by atoms with E-state index in [2.05, 4.69) is 5.10 Å². The second kappa shape index (κ2) is 6.79. The van der Waals surface area contributed by atoms with E-state index in [0.29, 0.717) is 0 Å². The van der Waals surface area contributed by atoms with Gasteiger partial charge in [0, 0.05) is 41.8 Å². The first-order chi connectivity index (χ1) is 10.7. The number of aryl methyl sites for hydroxylation is 1. The summed E-state index contributed by atoms with van der Waals surface area (Å²) in [6, 6.07) is 7.96. The van der Waals surface area contributed by atoms with Gasteiger partial charge >= 0.3 is 0 Å². The summed E-state index contributed by atoms with van der Waals surface area (Å²) in [6.45, 7) is 0.784. The molecule has 1 atom stereocenters. The SMILES string of the molecule is CSc1ccccc1C(=O)N1CCSC[C@@H]1c1cnn(C)c1. The largest absolute Gasteiger partial charge is 0.330 e. The molecule has 0 aliphatic carbocycles. The van der Waals surface area contributed by atoms with Gasteiger partial charge in [0.1, 0.15) is 0 Å². The number of nitrogens with zero attached hydrogens (tertiary/aromatic N) is 3. The van der Waals surface area contributed by atoms with E-state index >= 15 is 0 Å². The molecule has 2 heterocycles. The Morgan fingerprint density at radius 1 is 1.41 bits per heavy atom. The number of carbonyl (C=O) groups excluding carboxylic acids is 1. The van der Waals surface area contributed by atoms with Crippen molar-refractivity contribution in [1.29, 1.82) is 0 Å². The number of hydrogen-bond donors (Lipinski definition) is 0. The van der Waals surface area contributed by atoms with Crippen molar-refractivity contribution < 1.29 is 4.79 Å². The Morgan fingerprint density at radius 3 is 2.95 bits per heavy atom. The normalized spacial score (nSPS) is 18.5. The van der Waals surface area contributed by atoms with Gasteiger partial charge in [-0.2, -0.15) is 16.9 Å². The van der Waals surface area contributed by atoms with E-state index in [9.17, 15) is 4.79 Å². The summed E-state index contributed by atoms with van der Waals surface area (Å²) in [6.07, 6.45) is 5.89. The fraction of sp³-hybridized carbons (Fsp3) is 0.375. The minimum atomic E-state index is 0.106. The molecule has 3 rings (SSSR count). The molecule has 0 bridgehead atoms. The first-order valence-corrected chi connectivity index (χ1v) is 9.59. The second-order valence-corrected chi connectivity index (χ2v) is 7.23. The highest BCUT2D eigenvalue weighted by Gasteiger charge is 2.30. The van der Waals surface area contributed by atoms with Crippen LogP contribution in [0.1, 0.15) is 22.0 Å². The van der Waals surface area contributed by atoms with Crippen LogP contribution >= 0.6 is 23.5 Å². The van der Waals surface area contributed by atoms with E-state index in [1.807, 2.05) is 66.6 Å². The summed E-state index contributed by atoms with van der Waals surface area (Å²) in [5, 5.41) is 4.26. The number of carbonyl (C=O) groups is 1. The van der Waals surface area contributed by atoms with E-state index in [-0.39, 0.29) is 11.9 Å². The molecule has 1 amide bonds. The molecule has 0 saturated carbocycles. The predicted molar refractivity (Wildman–Crippen MR) is 92.5 cm³/mol. The zero-order valence-corrected chi connectivity index (χ0v) is 14.4. The summed E-state index contributed by atoms with van der Waals surface area (Å²) < 4.78 is 1.80. The summed E-state index contributed by atoms with van der Waals surface area (Å²) in [5.74, 6) is 2.04. The standard InChI is InChI=1S/C16H19N3OS2/c1-18-10-12(9-17-18)14-11-22-8-7-19(14)16(20)13-5-3-4-6-15(13)21-2/h3-6,9-10,14H,7-8,11H2,1-2H3/t14-/m1/s1. The van der Waals surface area contributed by atoms with Crippen molar-refractivity contribution in [2.24, 2.45) is 7.05 Å². The molecule has 1 aromatic carbocycles. The molecule has 1 aliphatic rings. The summed E-state index contributed by atoms with van der Waals surface area (Å²) in [7, 11) is 1.91. The average Bonchev–Trinajstić information content (AvgIpc) is 3.00. The smallest absolute Gasteiger partial charge is 0.255 e. The zero-order chi connectivity index (χ0) is 15.5. The van der Waals surface area contributed by atoms with Crippen LogP contribution in [-0.2, 0) is 7.05 Å². The summed E-state index contributed by atoms with van der Waals surface area (Å²) in [4.78, 5) is 16.1. The van der Waals surface area contributed by atoms with Crippen LogP contribution in [0, 0.1) is 0 Å². The molecule has 1 saturated heterocycles. The van der Waals surface area contributed by atoms with Crippen LogP contribution in [-0.4, -0.2) is 44.9 Å². The minimum Gasteiger partial charge on any atom is -0.330 e. The van der Waals surface area contributed by atoms with E-state index < -0.39 is 0 Å². The van der Waals surface area contributed by atoms with Gasteiger partial charge in [0.25, 0.3) is 5.91 Å². The molecule has 6 heteroatoms. The van der Waals surface area contributed by atoms with E-state index in [0.717, 1.165) is 34.1 Å². The molecule has 0 spiro atoms. The molecule has 1 aromatic heterocycles. The fourth-order valence-corrected chi connectivity index (χ4v) is 4.39. The molecule has 0 N–H and O–H groups in total. The third kappa shape index (κ3) is 3.03. The lowest BCUT2D eigenvalue weighted by molar-refractivity contribution is 0.0698. The molecular formula is C16H19N3OS2. The summed E-state index contributed by atoms with van der Waals surface area (Å²) in [5.41, 5.74) is 1.92. The van der Waals surface area contributed by atoms with Crippen molar-refractivity contribution in [3.05, 3.63) is 47.8 Å². The van der Waals surface area contributed by atoms with Crippen LogP contribution in [0.5, 0.6) is 0 Å². The van der Waals surface area contributed by atoms with Gasteiger partial charge in [-0.25, -0.2) is 0 Å². The van der Waals surface area contributed by atoms with E-state index in [1.54, 1.807) is 16.4 Å². The van der Waals surface area contributed by atoms with Gasteiger partial charge in [-0.05, 0) is 18.4 Å². The van der Waals surface area contributed by atoms with Crippen molar-refractivity contribution in [2.75, 3.05) is 24.3 Å². The van der Waals surface area contributed by atoms with Gasteiger partial charge in [-0.15, -0.1) is 11.8 Å². The maximum Gasteiger partial charge on any atom is 0.255 e. The van der Waals surface area contributed by atoms with Gasteiger partial charge in [0.2, 0.25) is 0 Å². The Bertz CT molecular complexity index is 671. The molecule has 1 fully saturated rings. The number of thioether (sulfide) groups is 2. The monoisotopic (exact) mass is 333 g/mol. The third-order valence-corrected chi connectivity index (χ3v) is 5.65. The number of hydrogen-bond acceptors (Lipinski definition) is 4. The van der Waals surface area contributed by atoms with Crippen LogP contribution in [0.25, 0.3) is 0 Å². The Labute approximate surface area is 139 Å². The molecule has 0 unspecified atom stereocenters. The highest BCUT2D eigenvalue weighted by Crippen LogP contribution is 2.32. The fourth-order valence-electron chi connectivity index (χ4n) is 2.71. The Kier molecular flexibility index (Phi) is 4.78. The lowest BCUT2D eigenvalue weighted by Crippen LogP contribution is -2.40. The Morgan fingerprint density at radius 2 is 2.23 bits per heavy atom. The number of rotatable bonds is 3. The highest BCUT2D eigenvalue weighted by atomic mass is 32.2. The van der Waals surface area contributed by atoms with Gasteiger partial charge in [0.05, 0.1) is 17.8 Å². The third-order valence-electron chi connectivity index (χ3n) is 3.84. The lowest BCUT2D eigenvalue weighted by Gasteiger charge is -2.35. The van der Waals surface area contributed by atoms with Crippen molar-refractivity contribution in [3.8, 4) is 0 Å². The lowest BCUT2D eigenvalue weighted by atomic mass is 10.1. The molecule has 116 valence electrons. The second-order valence-electron chi connectivity index (χ2n) is 5.24. The average molecular weight is 333 g/mol. The summed E-state index contributed by atoms with van der Waals surface area (Å²) >= 11 is 3.52. The van der Waals surface area contributed by atoms with Gasteiger partial charge in [0.15, 0.2) is 0 Å². The van der Waals surface area contributed by atoms with Crippen LogP contribution in [0.2, 0.25) is 0 Å². The molecule has 0 radical (unpaired) electrons. The molecule has 1 aliphatic heterocycles. The van der Waals surface area contributed by atoms with Gasteiger partial charge in [-0.3, -0.25) is 9.48 Å². The maximum atomic E-state index is 13.0. The molecule has 2 aromatic rings. The van der Waals surface area contributed by atoms with E-state index in [4.69, 9.17) is 0 Å². The number of benzene rings is 1. The molecular weight excluding hydrogens is 314 g/mol. The van der Waals surface area contributed by atoms with Gasteiger partial charge < -0.3 is 4.90 Å². The molecule has 22 heavy (non-hydrogen) atoms. The van der Waals surface area contributed by atoms with Crippen molar-refractivity contribution in [2.45, 2.75) is 10.9 Å². The Hall–Kier alpha value is -1.40. The van der Waals surface area contributed by atoms with Gasteiger partial charge in [-0.1, -0.05) is 12.1 Å². The first kappa shape index (κ1) is 15.5. The minimum absolute atomic E-state index is 0.106. The van der Waals surface area contributed by atoms with Crippen LogP contribution in [0.15, 0.2) is 41.6 Å². The Balaban J connectivity index is 1.91. The van der Waals surface area contributed by atoms with Crippen molar-refractivity contribution >= 4 is 29.4 Å². The first-order valence-electron chi connectivity index (χ1n) is 7.21. The maximum absolute atomic E-state index is 13.0. The number of aromatic nitrogens is 2. The van der Waals surface area contributed by atoms with Crippen LogP contribution in [0.4, 0.5) is 0 Å². The predicted octanol–water partition coefficient (Wildman–Crippen LogP) is 3.07. The number of amides is 1. The zero-order valence-electron chi connectivity index (χ0n) is 12.7.